The second kappa shape index (κ2) is 6.29. The molecule has 0 aromatic heterocycles. The average molecular weight is 273 g/mol. The number of carbonyl (C=O) groups is 1. The van der Waals surface area contributed by atoms with Gasteiger partial charge in [0.1, 0.15) is 0 Å². The summed E-state index contributed by atoms with van der Waals surface area (Å²) in [6.45, 7) is 0. The smallest absolute Gasteiger partial charge is 0.337 e. The van der Waals surface area contributed by atoms with Crippen LogP contribution in [0.1, 0.15) is 15.9 Å². The topological polar surface area (TPSA) is 52.3 Å². The van der Waals surface area contributed by atoms with Crippen LogP contribution in [0.4, 0.5) is 5.69 Å². The van der Waals surface area contributed by atoms with Crippen LogP contribution in [0.5, 0.6) is 0 Å². The lowest BCUT2D eigenvalue weighted by Gasteiger charge is -2.05. The summed E-state index contributed by atoms with van der Waals surface area (Å²) < 4.78 is 4.71. The molecule has 0 atom stereocenters. The van der Waals surface area contributed by atoms with Crippen LogP contribution in [-0.2, 0) is 10.5 Å². The highest BCUT2D eigenvalue weighted by molar-refractivity contribution is 7.98. The maximum Gasteiger partial charge on any atom is 0.337 e. The Hall–Kier alpha value is -1.94. The summed E-state index contributed by atoms with van der Waals surface area (Å²) in [5.41, 5.74) is 8.15. The molecule has 0 unspecified atom stereocenters. The van der Waals surface area contributed by atoms with E-state index in [-0.39, 0.29) is 5.97 Å². The zero-order valence-electron chi connectivity index (χ0n) is 10.6. The zero-order valence-corrected chi connectivity index (χ0v) is 11.4. The molecule has 0 saturated heterocycles. The standard InChI is InChI=1S/C15H15NO2S/c1-18-15(17)12-5-2-4-11(8-12)10-19-14-7-3-6-13(16)9-14/h2-9H,10,16H2,1H3. The van der Waals surface area contributed by atoms with Crippen molar-refractivity contribution >= 4 is 23.4 Å². The van der Waals surface area contributed by atoms with E-state index in [4.69, 9.17) is 10.5 Å². The molecule has 0 bridgehead atoms. The van der Waals surface area contributed by atoms with Gasteiger partial charge in [-0.15, -0.1) is 11.8 Å². The summed E-state index contributed by atoms with van der Waals surface area (Å²) in [7, 11) is 1.39. The monoisotopic (exact) mass is 273 g/mol. The van der Waals surface area contributed by atoms with Crippen LogP contribution in [0.3, 0.4) is 0 Å². The van der Waals surface area contributed by atoms with Gasteiger partial charge >= 0.3 is 5.97 Å². The first-order valence-corrected chi connectivity index (χ1v) is 6.83. The molecule has 0 amide bonds. The molecular weight excluding hydrogens is 258 g/mol. The van der Waals surface area contributed by atoms with E-state index < -0.39 is 0 Å². The van der Waals surface area contributed by atoms with Crippen molar-refractivity contribution in [3.05, 3.63) is 59.7 Å². The average Bonchev–Trinajstić information content (AvgIpc) is 2.45. The van der Waals surface area contributed by atoms with Crippen molar-refractivity contribution in [3.8, 4) is 0 Å². The minimum absolute atomic E-state index is 0.309. The maximum absolute atomic E-state index is 11.4. The number of rotatable bonds is 4. The Balaban J connectivity index is 2.05. The maximum atomic E-state index is 11.4. The summed E-state index contributed by atoms with van der Waals surface area (Å²) in [5.74, 6) is 0.477. The van der Waals surface area contributed by atoms with Gasteiger partial charge in [0, 0.05) is 16.3 Å². The fourth-order valence-electron chi connectivity index (χ4n) is 1.68. The first-order valence-electron chi connectivity index (χ1n) is 5.84. The number of thioether (sulfide) groups is 1. The third kappa shape index (κ3) is 3.76. The third-order valence-corrected chi connectivity index (χ3v) is 3.68. The normalized spacial score (nSPS) is 10.2. The van der Waals surface area contributed by atoms with Crippen LogP contribution in [0, 0.1) is 0 Å². The van der Waals surface area contributed by atoms with E-state index >= 15 is 0 Å². The predicted molar refractivity (Wildman–Crippen MR) is 78.2 cm³/mol. The minimum atomic E-state index is -0.309. The lowest BCUT2D eigenvalue weighted by Crippen LogP contribution is -2.01. The number of anilines is 1. The fourth-order valence-corrected chi connectivity index (χ4v) is 2.58. The van der Waals surface area contributed by atoms with E-state index in [1.54, 1.807) is 17.8 Å². The van der Waals surface area contributed by atoms with Crippen molar-refractivity contribution in [2.24, 2.45) is 0 Å². The van der Waals surface area contributed by atoms with Gasteiger partial charge in [0.2, 0.25) is 0 Å². The van der Waals surface area contributed by atoms with Crippen molar-refractivity contribution in [3.63, 3.8) is 0 Å². The van der Waals surface area contributed by atoms with Crippen LogP contribution in [0.25, 0.3) is 0 Å². The Kier molecular flexibility index (Phi) is 4.47. The molecule has 4 heteroatoms. The largest absolute Gasteiger partial charge is 0.465 e. The highest BCUT2D eigenvalue weighted by Crippen LogP contribution is 2.24. The molecule has 3 nitrogen and oxygen atoms in total. The van der Waals surface area contributed by atoms with E-state index in [1.807, 2.05) is 42.5 Å². The fraction of sp³-hybridized carbons (Fsp3) is 0.133. The molecule has 2 aromatic rings. The Labute approximate surface area is 116 Å². The summed E-state index contributed by atoms with van der Waals surface area (Å²) >= 11 is 1.68. The van der Waals surface area contributed by atoms with Crippen LogP contribution in [0.2, 0.25) is 0 Å². The van der Waals surface area contributed by atoms with E-state index in [9.17, 15) is 4.79 Å². The molecule has 2 rings (SSSR count). The number of nitrogens with two attached hydrogens (primary N) is 1. The van der Waals surface area contributed by atoms with E-state index in [0.717, 1.165) is 21.9 Å². The Morgan fingerprint density at radius 3 is 2.74 bits per heavy atom. The van der Waals surface area contributed by atoms with Crippen LogP contribution < -0.4 is 5.73 Å². The third-order valence-electron chi connectivity index (χ3n) is 2.61. The molecule has 0 saturated carbocycles. The SMILES string of the molecule is COC(=O)c1cccc(CSc2cccc(N)c2)c1. The predicted octanol–water partition coefficient (Wildman–Crippen LogP) is 3.35. The Bertz CT molecular complexity index is 584. The van der Waals surface area contributed by atoms with Gasteiger partial charge in [0.05, 0.1) is 12.7 Å². The Morgan fingerprint density at radius 2 is 2.00 bits per heavy atom. The van der Waals surface area contributed by atoms with Gasteiger partial charge < -0.3 is 10.5 Å². The van der Waals surface area contributed by atoms with Crippen LogP contribution >= 0.6 is 11.8 Å². The van der Waals surface area contributed by atoms with Crippen molar-refractivity contribution < 1.29 is 9.53 Å². The van der Waals surface area contributed by atoms with Crippen LogP contribution in [-0.4, -0.2) is 13.1 Å². The first-order chi connectivity index (χ1) is 9.19. The van der Waals surface area contributed by atoms with Crippen molar-refractivity contribution in [1.82, 2.24) is 0 Å². The van der Waals surface area contributed by atoms with Gasteiger partial charge in [-0.2, -0.15) is 0 Å². The van der Waals surface area contributed by atoms with Gasteiger partial charge in [0.25, 0.3) is 0 Å². The number of carbonyl (C=O) groups excluding carboxylic acids is 1. The number of nitrogen functional groups attached to an aromatic ring is 1. The summed E-state index contributed by atoms with van der Waals surface area (Å²) in [5, 5.41) is 0. The van der Waals surface area contributed by atoms with Crippen molar-refractivity contribution in [2.45, 2.75) is 10.6 Å². The summed E-state index contributed by atoms with van der Waals surface area (Å²) in [6.07, 6.45) is 0. The van der Waals surface area contributed by atoms with Crippen molar-refractivity contribution in [2.75, 3.05) is 12.8 Å². The van der Waals surface area contributed by atoms with Crippen LogP contribution in [0.15, 0.2) is 53.4 Å². The van der Waals surface area contributed by atoms with Gasteiger partial charge in [0.15, 0.2) is 0 Å². The highest BCUT2D eigenvalue weighted by Gasteiger charge is 2.05. The molecule has 2 N–H and O–H groups in total. The summed E-state index contributed by atoms with van der Waals surface area (Å²) in [4.78, 5) is 12.6. The van der Waals surface area contributed by atoms with E-state index in [2.05, 4.69) is 0 Å². The van der Waals surface area contributed by atoms with Gasteiger partial charge in [-0.25, -0.2) is 4.79 Å². The molecule has 0 heterocycles. The number of ether oxygens (including phenoxy) is 1. The van der Waals surface area contributed by atoms with E-state index in [1.165, 1.54) is 7.11 Å². The molecule has 98 valence electrons. The Morgan fingerprint density at radius 1 is 1.21 bits per heavy atom. The molecule has 0 radical (unpaired) electrons. The molecule has 0 aliphatic rings. The molecular formula is C15H15NO2S. The van der Waals surface area contributed by atoms with E-state index in [0.29, 0.717) is 5.56 Å². The van der Waals surface area contributed by atoms with Gasteiger partial charge in [-0.3, -0.25) is 0 Å². The number of benzene rings is 2. The molecule has 0 aliphatic carbocycles. The number of hydrogen-bond acceptors (Lipinski definition) is 4. The second-order valence-electron chi connectivity index (χ2n) is 4.05. The molecule has 19 heavy (non-hydrogen) atoms. The second-order valence-corrected chi connectivity index (χ2v) is 5.10. The van der Waals surface area contributed by atoms with Gasteiger partial charge in [-0.1, -0.05) is 18.2 Å². The number of hydrogen-bond donors (Lipinski definition) is 1. The highest BCUT2D eigenvalue weighted by atomic mass is 32.2. The molecule has 0 fully saturated rings. The summed E-state index contributed by atoms with van der Waals surface area (Å²) in [6, 6.07) is 15.2. The molecule has 2 aromatic carbocycles. The first kappa shape index (κ1) is 13.5. The van der Waals surface area contributed by atoms with Crippen molar-refractivity contribution in [1.29, 1.82) is 0 Å². The number of methoxy groups -OCH3 is 1. The molecule has 0 aliphatic heterocycles. The lowest BCUT2D eigenvalue weighted by molar-refractivity contribution is 0.0600. The van der Waals surface area contributed by atoms with Gasteiger partial charge in [-0.05, 0) is 35.9 Å². The zero-order chi connectivity index (χ0) is 13.7. The quantitative estimate of drug-likeness (QED) is 0.527. The lowest BCUT2D eigenvalue weighted by atomic mass is 10.1. The molecule has 0 spiro atoms. The minimum Gasteiger partial charge on any atom is -0.465 e. The number of esters is 1.